The van der Waals surface area contributed by atoms with Gasteiger partial charge in [0, 0.05) is 10.9 Å². The van der Waals surface area contributed by atoms with Crippen LogP contribution in [0, 0.1) is 0 Å². The Balaban J connectivity index is 1.91. The summed E-state index contributed by atoms with van der Waals surface area (Å²) in [4.78, 5) is 4.81. The van der Waals surface area contributed by atoms with Crippen molar-refractivity contribution in [1.82, 2.24) is 10.3 Å². The lowest BCUT2D eigenvalue weighted by molar-refractivity contribution is 0.404. The number of piperidine rings is 1. The van der Waals surface area contributed by atoms with Crippen LogP contribution in [0.5, 0.6) is 11.5 Å². The standard InChI is InChI=1S/C16H20N2O2S/c1-19-11-6-7-15(20-2)12(9-11)14-10-21-16(18-14)13-5-3-4-8-17-13/h6-7,9-10,13,17H,3-5,8H2,1-2H3. The van der Waals surface area contributed by atoms with Gasteiger partial charge in [0.15, 0.2) is 0 Å². The van der Waals surface area contributed by atoms with Crippen molar-refractivity contribution in [3.8, 4) is 22.8 Å². The molecule has 1 aliphatic rings. The maximum Gasteiger partial charge on any atom is 0.128 e. The lowest BCUT2D eigenvalue weighted by Gasteiger charge is -2.21. The van der Waals surface area contributed by atoms with E-state index in [2.05, 4.69) is 10.7 Å². The normalized spacial score (nSPS) is 18.5. The number of hydrogen-bond acceptors (Lipinski definition) is 5. The topological polar surface area (TPSA) is 43.4 Å². The predicted octanol–water partition coefficient (Wildman–Crippen LogP) is 3.64. The van der Waals surface area contributed by atoms with Crippen LogP contribution in [0.4, 0.5) is 0 Å². The molecule has 112 valence electrons. The highest BCUT2D eigenvalue weighted by atomic mass is 32.1. The first-order chi connectivity index (χ1) is 10.3. The first kappa shape index (κ1) is 14.4. The average Bonchev–Trinajstić information content (AvgIpc) is 3.05. The highest BCUT2D eigenvalue weighted by Gasteiger charge is 2.19. The molecule has 5 heteroatoms. The SMILES string of the molecule is COc1ccc(OC)c(-c2csc(C3CCCCN3)n2)c1. The Hall–Kier alpha value is -1.59. The minimum Gasteiger partial charge on any atom is -0.497 e. The summed E-state index contributed by atoms with van der Waals surface area (Å²) in [5.41, 5.74) is 1.94. The lowest BCUT2D eigenvalue weighted by Crippen LogP contribution is -2.26. The molecule has 3 rings (SSSR count). The number of nitrogens with one attached hydrogen (secondary N) is 1. The van der Waals surface area contributed by atoms with Gasteiger partial charge in [-0.3, -0.25) is 0 Å². The second-order valence-electron chi connectivity index (χ2n) is 5.14. The van der Waals surface area contributed by atoms with Gasteiger partial charge < -0.3 is 14.8 Å². The van der Waals surface area contributed by atoms with E-state index in [1.807, 2.05) is 18.2 Å². The van der Waals surface area contributed by atoms with Crippen LogP contribution in [0.2, 0.25) is 0 Å². The van der Waals surface area contributed by atoms with Crippen LogP contribution in [0.1, 0.15) is 30.3 Å². The van der Waals surface area contributed by atoms with E-state index in [0.717, 1.165) is 34.3 Å². The Morgan fingerprint density at radius 2 is 2.14 bits per heavy atom. The van der Waals surface area contributed by atoms with Gasteiger partial charge in [0.05, 0.1) is 26.0 Å². The van der Waals surface area contributed by atoms with Crippen LogP contribution in [0.25, 0.3) is 11.3 Å². The molecule has 0 spiro atoms. The number of methoxy groups -OCH3 is 2. The van der Waals surface area contributed by atoms with Crippen molar-refractivity contribution in [3.05, 3.63) is 28.6 Å². The fourth-order valence-electron chi connectivity index (χ4n) is 2.65. The monoisotopic (exact) mass is 304 g/mol. The first-order valence-corrected chi connectivity index (χ1v) is 8.11. The highest BCUT2D eigenvalue weighted by Crippen LogP contribution is 2.36. The summed E-state index contributed by atoms with van der Waals surface area (Å²) < 4.78 is 10.8. The molecular weight excluding hydrogens is 284 g/mol. The number of aromatic nitrogens is 1. The fourth-order valence-corrected chi connectivity index (χ4v) is 3.58. The molecule has 1 unspecified atom stereocenters. The van der Waals surface area contributed by atoms with E-state index in [4.69, 9.17) is 14.5 Å². The largest absolute Gasteiger partial charge is 0.497 e. The summed E-state index contributed by atoms with van der Waals surface area (Å²) in [6.45, 7) is 1.09. The minimum absolute atomic E-state index is 0.397. The Morgan fingerprint density at radius 3 is 2.86 bits per heavy atom. The van der Waals surface area contributed by atoms with Crippen molar-refractivity contribution in [3.63, 3.8) is 0 Å². The van der Waals surface area contributed by atoms with Gasteiger partial charge in [-0.15, -0.1) is 11.3 Å². The average molecular weight is 304 g/mol. The second kappa shape index (κ2) is 6.45. The summed E-state index contributed by atoms with van der Waals surface area (Å²) in [7, 11) is 3.35. The number of nitrogens with zero attached hydrogens (tertiary/aromatic N) is 1. The van der Waals surface area contributed by atoms with Crippen molar-refractivity contribution < 1.29 is 9.47 Å². The summed E-state index contributed by atoms with van der Waals surface area (Å²) in [6, 6.07) is 6.20. The molecule has 1 aromatic heterocycles. The summed E-state index contributed by atoms with van der Waals surface area (Å²) in [5, 5.41) is 6.81. The second-order valence-corrected chi connectivity index (χ2v) is 6.03. The van der Waals surface area contributed by atoms with E-state index in [9.17, 15) is 0 Å². The first-order valence-electron chi connectivity index (χ1n) is 7.23. The summed E-state index contributed by atoms with van der Waals surface area (Å²) in [6.07, 6.45) is 3.70. The quantitative estimate of drug-likeness (QED) is 0.936. The van der Waals surface area contributed by atoms with Gasteiger partial charge in [-0.2, -0.15) is 0 Å². The third kappa shape index (κ3) is 3.04. The van der Waals surface area contributed by atoms with Crippen LogP contribution in [0.15, 0.2) is 23.6 Å². The molecule has 1 saturated heterocycles. The molecule has 2 heterocycles. The van der Waals surface area contributed by atoms with Crippen LogP contribution in [0.3, 0.4) is 0 Å². The zero-order chi connectivity index (χ0) is 14.7. The van der Waals surface area contributed by atoms with Crippen molar-refractivity contribution in [2.75, 3.05) is 20.8 Å². The third-order valence-electron chi connectivity index (χ3n) is 3.81. The van der Waals surface area contributed by atoms with Crippen molar-refractivity contribution in [2.45, 2.75) is 25.3 Å². The van der Waals surface area contributed by atoms with Crippen LogP contribution < -0.4 is 14.8 Å². The highest BCUT2D eigenvalue weighted by molar-refractivity contribution is 7.10. The van der Waals surface area contributed by atoms with Gasteiger partial charge in [0.1, 0.15) is 16.5 Å². The molecule has 2 aromatic rings. The molecule has 4 nitrogen and oxygen atoms in total. The number of benzene rings is 1. The Kier molecular flexibility index (Phi) is 4.41. The molecule has 1 N–H and O–H groups in total. The van der Waals surface area contributed by atoms with Gasteiger partial charge in [-0.05, 0) is 37.6 Å². The van der Waals surface area contributed by atoms with Gasteiger partial charge in [-0.25, -0.2) is 4.98 Å². The smallest absolute Gasteiger partial charge is 0.128 e. The Labute approximate surface area is 129 Å². The number of ether oxygens (including phenoxy) is 2. The van der Waals surface area contributed by atoms with E-state index in [1.54, 1.807) is 25.6 Å². The Bertz CT molecular complexity index is 606. The van der Waals surface area contributed by atoms with E-state index >= 15 is 0 Å². The van der Waals surface area contributed by atoms with Crippen molar-refractivity contribution in [1.29, 1.82) is 0 Å². The summed E-state index contributed by atoms with van der Waals surface area (Å²) >= 11 is 1.71. The van der Waals surface area contributed by atoms with E-state index in [0.29, 0.717) is 6.04 Å². The molecule has 0 radical (unpaired) electrons. The van der Waals surface area contributed by atoms with Crippen LogP contribution >= 0.6 is 11.3 Å². The number of thiazole rings is 1. The molecule has 1 fully saturated rings. The molecule has 21 heavy (non-hydrogen) atoms. The Morgan fingerprint density at radius 1 is 1.24 bits per heavy atom. The molecule has 0 amide bonds. The van der Waals surface area contributed by atoms with Gasteiger partial charge >= 0.3 is 0 Å². The molecule has 0 bridgehead atoms. The predicted molar refractivity (Wildman–Crippen MR) is 85.2 cm³/mol. The maximum absolute atomic E-state index is 5.45. The van der Waals surface area contributed by atoms with Crippen LogP contribution in [-0.2, 0) is 0 Å². The summed E-state index contributed by atoms with van der Waals surface area (Å²) in [5.74, 6) is 1.64. The fraction of sp³-hybridized carbons (Fsp3) is 0.438. The number of hydrogen-bond donors (Lipinski definition) is 1. The zero-order valence-corrected chi connectivity index (χ0v) is 13.2. The molecule has 1 aromatic carbocycles. The van der Waals surface area contributed by atoms with Gasteiger partial charge in [0.2, 0.25) is 0 Å². The number of rotatable bonds is 4. The lowest BCUT2D eigenvalue weighted by atomic mass is 10.1. The van der Waals surface area contributed by atoms with E-state index in [1.165, 1.54) is 19.3 Å². The van der Waals surface area contributed by atoms with Crippen LogP contribution in [-0.4, -0.2) is 25.7 Å². The molecule has 0 saturated carbocycles. The van der Waals surface area contributed by atoms with E-state index < -0.39 is 0 Å². The third-order valence-corrected chi connectivity index (χ3v) is 4.77. The zero-order valence-electron chi connectivity index (χ0n) is 12.4. The maximum atomic E-state index is 5.45. The molecular formula is C16H20N2O2S. The van der Waals surface area contributed by atoms with E-state index in [-0.39, 0.29) is 0 Å². The van der Waals surface area contributed by atoms with Gasteiger partial charge in [-0.1, -0.05) is 6.42 Å². The van der Waals surface area contributed by atoms with Crippen molar-refractivity contribution in [2.24, 2.45) is 0 Å². The molecule has 1 aliphatic heterocycles. The minimum atomic E-state index is 0.397. The van der Waals surface area contributed by atoms with Crippen molar-refractivity contribution >= 4 is 11.3 Å². The molecule has 0 aliphatic carbocycles. The molecule has 1 atom stereocenters. The van der Waals surface area contributed by atoms with Gasteiger partial charge in [0.25, 0.3) is 0 Å².